The number of rotatable bonds is 9. The van der Waals surface area contributed by atoms with Crippen molar-refractivity contribution in [3.8, 4) is 0 Å². The molecule has 2 nitrogen and oxygen atoms in total. The fourth-order valence-corrected chi connectivity index (χ4v) is 2.72. The highest BCUT2D eigenvalue weighted by Crippen LogP contribution is 2.10. The summed E-state index contributed by atoms with van der Waals surface area (Å²) in [5, 5.41) is 1.40. The van der Waals surface area contributed by atoms with Crippen LogP contribution in [0.5, 0.6) is 0 Å². The first-order valence-corrected chi connectivity index (χ1v) is 8.44. The fourth-order valence-electron chi connectivity index (χ4n) is 1.57. The van der Waals surface area contributed by atoms with Gasteiger partial charge in [0.25, 0.3) is 0 Å². The molecule has 0 spiro atoms. The van der Waals surface area contributed by atoms with Crippen LogP contribution in [0.25, 0.3) is 0 Å². The summed E-state index contributed by atoms with van der Waals surface area (Å²) in [5.41, 5.74) is 0. The summed E-state index contributed by atoms with van der Waals surface area (Å²) >= 11 is 0. The summed E-state index contributed by atoms with van der Waals surface area (Å²) in [4.78, 5) is 0. The third kappa shape index (κ3) is 11.9. The molecule has 0 radical (unpaired) electrons. The molecule has 102 valence electrons. The molecule has 0 saturated carbocycles. The molecule has 0 heterocycles. The zero-order valence-corrected chi connectivity index (χ0v) is 12.6. The van der Waals surface area contributed by atoms with Gasteiger partial charge in [-0.1, -0.05) is 53.0 Å². The van der Waals surface area contributed by atoms with E-state index in [1.165, 1.54) is 11.8 Å². The Hall–Kier alpha value is -0.310. The quantitative estimate of drug-likeness (QED) is 0.583. The van der Waals surface area contributed by atoms with E-state index in [1.54, 1.807) is 6.08 Å². The Morgan fingerprint density at radius 2 is 1.59 bits per heavy atom. The molecule has 0 aromatic heterocycles. The number of unbranched alkanes of at least 4 members (excludes halogenated alkanes) is 2. The van der Waals surface area contributed by atoms with Crippen molar-refractivity contribution in [2.75, 3.05) is 5.75 Å². The van der Waals surface area contributed by atoms with E-state index in [1.807, 2.05) is 0 Å². The summed E-state index contributed by atoms with van der Waals surface area (Å²) < 4.78 is 23.2. The molecule has 0 aliphatic heterocycles. The van der Waals surface area contributed by atoms with Crippen LogP contribution in [0.1, 0.15) is 59.8 Å². The molecule has 0 N–H and O–H groups in total. The smallest absolute Gasteiger partial charge is 0.171 e. The average Bonchev–Trinajstić information content (AvgIpc) is 2.15. The predicted molar refractivity (Wildman–Crippen MR) is 75.7 cm³/mol. The highest BCUT2D eigenvalue weighted by molar-refractivity contribution is 7.94. The van der Waals surface area contributed by atoms with Crippen molar-refractivity contribution in [3.63, 3.8) is 0 Å². The summed E-state index contributed by atoms with van der Waals surface area (Å²) in [5.74, 6) is 1.55. The van der Waals surface area contributed by atoms with E-state index >= 15 is 0 Å². The van der Waals surface area contributed by atoms with Crippen LogP contribution in [-0.2, 0) is 9.84 Å². The number of hydrogen-bond donors (Lipinski definition) is 0. The lowest BCUT2D eigenvalue weighted by Gasteiger charge is -2.04. The SMILES string of the molecule is CC(C)CC=CS(=O)(=O)CCCCCC(C)C. The summed E-state index contributed by atoms with van der Waals surface area (Å²) in [6.45, 7) is 8.57. The summed E-state index contributed by atoms with van der Waals surface area (Å²) in [6.07, 6.45) is 6.78. The van der Waals surface area contributed by atoms with Crippen LogP contribution in [0.4, 0.5) is 0 Å². The lowest BCUT2D eigenvalue weighted by molar-refractivity contribution is 0.532. The van der Waals surface area contributed by atoms with E-state index < -0.39 is 9.84 Å². The highest BCUT2D eigenvalue weighted by atomic mass is 32.2. The van der Waals surface area contributed by atoms with Gasteiger partial charge in [0, 0.05) is 5.41 Å². The molecular formula is C14H28O2S. The summed E-state index contributed by atoms with van der Waals surface area (Å²) in [7, 11) is -2.96. The Morgan fingerprint density at radius 3 is 2.12 bits per heavy atom. The largest absolute Gasteiger partial charge is 0.224 e. The van der Waals surface area contributed by atoms with Gasteiger partial charge >= 0.3 is 0 Å². The Kier molecular flexibility index (Phi) is 8.57. The molecular weight excluding hydrogens is 232 g/mol. The van der Waals surface area contributed by atoms with E-state index in [4.69, 9.17) is 0 Å². The average molecular weight is 260 g/mol. The highest BCUT2D eigenvalue weighted by Gasteiger charge is 2.05. The molecule has 0 fully saturated rings. The first kappa shape index (κ1) is 16.7. The van der Waals surface area contributed by atoms with E-state index in [0.29, 0.717) is 11.7 Å². The van der Waals surface area contributed by atoms with Crippen molar-refractivity contribution in [1.29, 1.82) is 0 Å². The standard InChI is InChI=1S/C14H28O2S/c1-13(2)9-6-5-7-11-17(15,16)12-8-10-14(3)4/h8,12-14H,5-7,9-11H2,1-4H3. The Bertz CT molecular complexity index is 300. The third-order valence-electron chi connectivity index (χ3n) is 2.62. The van der Waals surface area contributed by atoms with Crippen LogP contribution >= 0.6 is 0 Å². The molecule has 0 bridgehead atoms. The van der Waals surface area contributed by atoms with Gasteiger partial charge in [0.2, 0.25) is 0 Å². The second-order valence-electron chi connectivity index (χ2n) is 5.61. The van der Waals surface area contributed by atoms with Gasteiger partial charge in [-0.2, -0.15) is 0 Å². The van der Waals surface area contributed by atoms with Crippen LogP contribution in [-0.4, -0.2) is 14.2 Å². The maximum atomic E-state index is 11.6. The van der Waals surface area contributed by atoms with Crippen molar-refractivity contribution < 1.29 is 8.42 Å². The Labute approximate surface area is 107 Å². The van der Waals surface area contributed by atoms with Crippen molar-refractivity contribution >= 4 is 9.84 Å². The lowest BCUT2D eigenvalue weighted by atomic mass is 10.1. The minimum Gasteiger partial charge on any atom is -0.224 e. The van der Waals surface area contributed by atoms with E-state index in [-0.39, 0.29) is 0 Å². The van der Waals surface area contributed by atoms with Gasteiger partial charge in [-0.25, -0.2) is 8.42 Å². The van der Waals surface area contributed by atoms with Crippen LogP contribution in [0.3, 0.4) is 0 Å². The van der Waals surface area contributed by atoms with Gasteiger partial charge < -0.3 is 0 Å². The first-order chi connectivity index (χ1) is 7.83. The molecule has 0 aliphatic rings. The van der Waals surface area contributed by atoms with Crippen molar-refractivity contribution in [2.24, 2.45) is 11.8 Å². The van der Waals surface area contributed by atoms with Gasteiger partial charge in [0.05, 0.1) is 5.75 Å². The van der Waals surface area contributed by atoms with Crippen LogP contribution < -0.4 is 0 Å². The topological polar surface area (TPSA) is 34.1 Å². The second-order valence-corrected chi connectivity index (χ2v) is 7.62. The predicted octanol–water partition coefficient (Wildman–Crippen LogP) is 4.18. The van der Waals surface area contributed by atoms with Crippen LogP contribution in [0.15, 0.2) is 11.5 Å². The van der Waals surface area contributed by atoms with Crippen LogP contribution in [0.2, 0.25) is 0 Å². The number of sulfone groups is 1. The first-order valence-electron chi connectivity index (χ1n) is 6.73. The minimum absolute atomic E-state index is 0.305. The van der Waals surface area contributed by atoms with Gasteiger partial charge in [0.15, 0.2) is 9.84 Å². The molecule has 0 aliphatic carbocycles. The molecule has 0 atom stereocenters. The summed E-state index contributed by atoms with van der Waals surface area (Å²) in [6, 6.07) is 0. The van der Waals surface area contributed by atoms with Gasteiger partial charge in [-0.05, 0) is 24.7 Å². The van der Waals surface area contributed by atoms with E-state index in [2.05, 4.69) is 27.7 Å². The zero-order chi connectivity index (χ0) is 13.3. The van der Waals surface area contributed by atoms with Gasteiger partial charge in [0.1, 0.15) is 0 Å². The Balaban J connectivity index is 3.75. The zero-order valence-electron chi connectivity index (χ0n) is 11.8. The van der Waals surface area contributed by atoms with E-state index in [0.717, 1.165) is 31.6 Å². The third-order valence-corrected chi connectivity index (χ3v) is 4.09. The number of allylic oxidation sites excluding steroid dienone is 1. The Morgan fingerprint density at radius 1 is 0.941 bits per heavy atom. The minimum atomic E-state index is -2.96. The maximum absolute atomic E-state index is 11.6. The molecule has 0 amide bonds. The fraction of sp³-hybridized carbons (Fsp3) is 0.857. The van der Waals surface area contributed by atoms with Crippen molar-refractivity contribution in [3.05, 3.63) is 11.5 Å². The van der Waals surface area contributed by atoms with E-state index in [9.17, 15) is 8.42 Å². The number of hydrogen-bond acceptors (Lipinski definition) is 2. The molecule has 0 unspecified atom stereocenters. The monoisotopic (exact) mass is 260 g/mol. The molecule has 0 aromatic carbocycles. The van der Waals surface area contributed by atoms with Crippen molar-refractivity contribution in [1.82, 2.24) is 0 Å². The molecule has 0 rings (SSSR count). The molecule has 3 heteroatoms. The van der Waals surface area contributed by atoms with Gasteiger partial charge in [-0.3, -0.25) is 0 Å². The molecule has 0 aromatic rings. The molecule has 17 heavy (non-hydrogen) atoms. The van der Waals surface area contributed by atoms with Gasteiger partial charge in [-0.15, -0.1) is 0 Å². The molecule has 0 saturated heterocycles. The van der Waals surface area contributed by atoms with Crippen LogP contribution in [0, 0.1) is 11.8 Å². The lowest BCUT2D eigenvalue weighted by Crippen LogP contribution is -2.02. The normalized spacial score (nSPS) is 13.1. The second kappa shape index (κ2) is 8.73. The maximum Gasteiger partial charge on any atom is 0.171 e. The van der Waals surface area contributed by atoms with Crippen molar-refractivity contribution in [2.45, 2.75) is 59.8 Å².